The molecule has 0 saturated carbocycles. The SMILES string of the molecule is COC(=O)/C=C/c1ccc(OCCNc2ccccc2)cc1. The summed E-state index contributed by atoms with van der Waals surface area (Å²) in [6, 6.07) is 17.5. The van der Waals surface area contributed by atoms with Gasteiger partial charge in [-0.05, 0) is 35.9 Å². The summed E-state index contributed by atoms with van der Waals surface area (Å²) in [5.74, 6) is 0.428. The number of para-hydroxylation sites is 1. The molecule has 0 fully saturated rings. The second kappa shape index (κ2) is 8.52. The van der Waals surface area contributed by atoms with E-state index < -0.39 is 0 Å². The summed E-state index contributed by atoms with van der Waals surface area (Å²) in [7, 11) is 1.35. The number of carbonyl (C=O) groups is 1. The van der Waals surface area contributed by atoms with Gasteiger partial charge in [0.1, 0.15) is 12.4 Å². The Bertz CT molecular complexity index is 606. The first-order chi connectivity index (χ1) is 10.8. The summed E-state index contributed by atoms with van der Waals surface area (Å²) in [4.78, 5) is 11.0. The Morgan fingerprint density at radius 3 is 2.50 bits per heavy atom. The molecule has 4 nitrogen and oxygen atoms in total. The Balaban J connectivity index is 1.74. The fourth-order valence-corrected chi connectivity index (χ4v) is 1.83. The lowest BCUT2D eigenvalue weighted by Crippen LogP contribution is -2.11. The van der Waals surface area contributed by atoms with Crippen LogP contribution in [0.3, 0.4) is 0 Å². The van der Waals surface area contributed by atoms with Crippen LogP contribution in [0.15, 0.2) is 60.7 Å². The lowest BCUT2D eigenvalue weighted by atomic mass is 10.2. The van der Waals surface area contributed by atoms with Crippen molar-refractivity contribution in [1.29, 1.82) is 0 Å². The monoisotopic (exact) mass is 297 g/mol. The average Bonchev–Trinajstić information content (AvgIpc) is 2.58. The zero-order chi connectivity index (χ0) is 15.6. The molecule has 0 aliphatic rings. The highest BCUT2D eigenvalue weighted by molar-refractivity contribution is 5.86. The fraction of sp³-hybridized carbons (Fsp3) is 0.167. The van der Waals surface area contributed by atoms with E-state index in [1.807, 2.05) is 54.6 Å². The molecule has 0 aliphatic carbocycles. The number of esters is 1. The zero-order valence-corrected chi connectivity index (χ0v) is 12.5. The topological polar surface area (TPSA) is 47.6 Å². The molecule has 0 aromatic heterocycles. The third-order valence-electron chi connectivity index (χ3n) is 2.97. The van der Waals surface area contributed by atoms with E-state index in [9.17, 15) is 4.79 Å². The summed E-state index contributed by atoms with van der Waals surface area (Å²) in [5, 5.41) is 3.28. The molecular weight excluding hydrogens is 278 g/mol. The Kier molecular flexibility index (Phi) is 6.05. The maximum atomic E-state index is 11.0. The van der Waals surface area contributed by atoms with Gasteiger partial charge in [0.2, 0.25) is 0 Å². The van der Waals surface area contributed by atoms with Crippen molar-refractivity contribution < 1.29 is 14.3 Å². The molecule has 2 rings (SSSR count). The Labute approximate surface area is 130 Å². The number of anilines is 1. The van der Waals surface area contributed by atoms with Gasteiger partial charge in [0.05, 0.1) is 7.11 Å². The van der Waals surface area contributed by atoms with Crippen LogP contribution in [0.2, 0.25) is 0 Å². The molecule has 22 heavy (non-hydrogen) atoms. The minimum absolute atomic E-state index is 0.368. The molecule has 0 radical (unpaired) electrons. The number of hydrogen-bond acceptors (Lipinski definition) is 4. The molecule has 0 amide bonds. The number of carbonyl (C=O) groups excluding carboxylic acids is 1. The summed E-state index contributed by atoms with van der Waals surface area (Å²) >= 11 is 0. The van der Waals surface area contributed by atoms with Crippen LogP contribution in [0, 0.1) is 0 Å². The molecule has 0 atom stereocenters. The van der Waals surface area contributed by atoms with Gasteiger partial charge >= 0.3 is 5.97 Å². The first-order valence-corrected chi connectivity index (χ1v) is 7.06. The summed E-state index contributed by atoms with van der Waals surface area (Å²) < 4.78 is 10.2. The van der Waals surface area contributed by atoms with E-state index in [4.69, 9.17) is 4.74 Å². The van der Waals surface area contributed by atoms with Crippen LogP contribution in [0.25, 0.3) is 6.08 Å². The molecule has 114 valence electrons. The van der Waals surface area contributed by atoms with Gasteiger partial charge in [0.25, 0.3) is 0 Å². The third kappa shape index (κ3) is 5.32. The summed E-state index contributed by atoms with van der Waals surface area (Å²) in [6.45, 7) is 1.31. The van der Waals surface area contributed by atoms with Crippen LogP contribution in [-0.2, 0) is 9.53 Å². The minimum Gasteiger partial charge on any atom is -0.492 e. The second-order valence-corrected chi connectivity index (χ2v) is 4.57. The predicted octanol–water partition coefficient (Wildman–Crippen LogP) is 3.36. The van der Waals surface area contributed by atoms with E-state index in [0.29, 0.717) is 6.61 Å². The number of nitrogens with one attached hydrogen (secondary N) is 1. The van der Waals surface area contributed by atoms with Gasteiger partial charge in [-0.2, -0.15) is 0 Å². The molecule has 4 heteroatoms. The van der Waals surface area contributed by atoms with Crippen molar-refractivity contribution in [2.45, 2.75) is 0 Å². The van der Waals surface area contributed by atoms with E-state index in [1.54, 1.807) is 6.08 Å². The standard InChI is InChI=1S/C18H19NO3/c1-21-18(20)12-9-15-7-10-17(11-8-15)22-14-13-19-16-5-3-2-4-6-16/h2-12,19H,13-14H2,1H3/b12-9+. The summed E-state index contributed by atoms with van der Waals surface area (Å²) in [5.41, 5.74) is 1.99. The van der Waals surface area contributed by atoms with Crippen molar-refractivity contribution in [3.63, 3.8) is 0 Å². The lowest BCUT2D eigenvalue weighted by molar-refractivity contribution is -0.134. The Morgan fingerprint density at radius 1 is 1.09 bits per heavy atom. The second-order valence-electron chi connectivity index (χ2n) is 4.57. The van der Waals surface area contributed by atoms with Gasteiger partial charge in [-0.15, -0.1) is 0 Å². The molecule has 0 spiro atoms. The fourth-order valence-electron chi connectivity index (χ4n) is 1.83. The van der Waals surface area contributed by atoms with Crippen LogP contribution < -0.4 is 10.1 Å². The maximum Gasteiger partial charge on any atom is 0.330 e. The molecule has 0 heterocycles. The van der Waals surface area contributed by atoms with Gasteiger partial charge in [-0.25, -0.2) is 4.79 Å². The van der Waals surface area contributed by atoms with Gasteiger partial charge in [0, 0.05) is 18.3 Å². The summed E-state index contributed by atoms with van der Waals surface area (Å²) in [6.07, 6.45) is 3.09. The lowest BCUT2D eigenvalue weighted by Gasteiger charge is -2.08. The molecule has 1 N–H and O–H groups in total. The average molecular weight is 297 g/mol. The van der Waals surface area contributed by atoms with E-state index >= 15 is 0 Å². The third-order valence-corrected chi connectivity index (χ3v) is 2.97. The number of rotatable bonds is 7. The van der Waals surface area contributed by atoms with Crippen LogP contribution in [0.5, 0.6) is 5.75 Å². The van der Waals surface area contributed by atoms with E-state index in [2.05, 4.69) is 10.1 Å². The smallest absolute Gasteiger partial charge is 0.330 e. The molecule has 0 bridgehead atoms. The maximum absolute atomic E-state index is 11.0. The van der Waals surface area contributed by atoms with E-state index in [0.717, 1.165) is 23.5 Å². The van der Waals surface area contributed by atoms with Crippen LogP contribution in [0.1, 0.15) is 5.56 Å². The first kappa shape index (κ1) is 15.6. The number of ether oxygens (including phenoxy) is 2. The number of hydrogen-bond donors (Lipinski definition) is 1. The van der Waals surface area contributed by atoms with Crippen LogP contribution in [-0.4, -0.2) is 26.2 Å². The molecule has 0 aliphatic heterocycles. The number of methoxy groups -OCH3 is 1. The molecular formula is C18H19NO3. The van der Waals surface area contributed by atoms with E-state index in [-0.39, 0.29) is 5.97 Å². The molecule has 0 unspecified atom stereocenters. The highest BCUT2D eigenvalue weighted by Crippen LogP contribution is 2.13. The number of benzene rings is 2. The van der Waals surface area contributed by atoms with Crippen LogP contribution in [0.4, 0.5) is 5.69 Å². The Hall–Kier alpha value is -2.75. The van der Waals surface area contributed by atoms with Crippen LogP contribution >= 0.6 is 0 Å². The minimum atomic E-state index is -0.368. The van der Waals surface area contributed by atoms with Crippen molar-refractivity contribution in [2.24, 2.45) is 0 Å². The van der Waals surface area contributed by atoms with Crippen molar-refractivity contribution in [1.82, 2.24) is 0 Å². The van der Waals surface area contributed by atoms with Crippen molar-refractivity contribution in [3.05, 3.63) is 66.2 Å². The normalized spacial score (nSPS) is 10.4. The molecule has 2 aromatic carbocycles. The quantitative estimate of drug-likeness (QED) is 0.483. The van der Waals surface area contributed by atoms with E-state index in [1.165, 1.54) is 13.2 Å². The first-order valence-electron chi connectivity index (χ1n) is 7.06. The Morgan fingerprint density at radius 2 is 1.82 bits per heavy atom. The highest BCUT2D eigenvalue weighted by atomic mass is 16.5. The predicted molar refractivity (Wildman–Crippen MR) is 87.9 cm³/mol. The van der Waals surface area contributed by atoms with Crippen molar-refractivity contribution in [2.75, 3.05) is 25.6 Å². The highest BCUT2D eigenvalue weighted by Gasteiger charge is 1.96. The van der Waals surface area contributed by atoms with Crippen molar-refractivity contribution in [3.8, 4) is 5.75 Å². The van der Waals surface area contributed by atoms with Gasteiger partial charge < -0.3 is 14.8 Å². The van der Waals surface area contributed by atoms with Gasteiger partial charge in [-0.1, -0.05) is 30.3 Å². The van der Waals surface area contributed by atoms with Gasteiger partial charge in [-0.3, -0.25) is 0 Å². The largest absolute Gasteiger partial charge is 0.492 e. The van der Waals surface area contributed by atoms with Crippen molar-refractivity contribution >= 4 is 17.7 Å². The molecule has 0 saturated heterocycles. The van der Waals surface area contributed by atoms with Gasteiger partial charge in [0.15, 0.2) is 0 Å². The molecule has 2 aromatic rings. The zero-order valence-electron chi connectivity index (χ0n) is 12.5.